The Labute approximate surface area is 198 Å². The Hall–Kier alpha value is -2.30. The van der Waals surface area contributed by atoms with Gasteiger partial charge in [-0.25, -0.2) is 9.59 Å². The summed E-state index contributed by atoms with van der Waals surface area (Å²) in [6.45, 7) is 7.83. The second kappa shape index (κ2) is 12.8. The first kappa shape index (κ1) is 25.3. The van der Waals surface area contributed by atoms with Crippen LogP contribution in [-0.4, -0.2) is 31.3 Å². The summed E-state index contributed by atoms with van der Waals surface area (Å²) in [6.07, 6.45) is 12.7. The van der Waals surface area contributed by atoms with E-state index in [1.807, 2.05) is 0 Å². The zero-order valence-electron chi connectivity index (χ0n) is 20.4. The maximum atomic E-state index is 12.6. The standard InChI is InChI=1S/C28H40O5/c1-4-5-21-6-8-22(9-7-21)23-10-16-26(17-11-23)33-28(30)24-12-14-25(15-13-24)31-18-19-32-27(29)20(2)3/h12-15,21-23,26H,2,4-11,16-19H2,1,3H3/t21-,22-,23?,26?. The van der Waals surface area contributed by atoms with Gasteiger partial charge in [-0.15, -0.1) is 0 Å². The van der Waals surface area contributed by atoms with Gasteiger partial charge in [0.25, 0.3) is 0 Å². The van der Waals surface area contributed by atoms with Crippen molar-refractivity contribution in [2.75, 3.05) is 13.2 Å². The Morgan fingerprint density at radius 2 is 1.52 bits per heavy atom. The maximum Gasteiger partial charge on any atom is 0.338 e. The van der Waals surface area contributed by atoms with Gasteiger partial charge in [0, 0.05) is 5.57 Å². The maximum absolute atomic E-state index is 12.6. The van der Waals surface area contributed by atoms with E-state index in [0.717, 1.165) is 30.6 Å². The molecule has 33 heavy (non-hydrogen) atoms. The molecule has 2 saturated carbocycles. The van der Waals surface area contributed by atoms with Crippen molar-refractivity contribution in [1.29, 1.82) is 0 Å². The van der Waals surface area contributed by atoms with Crippen LogP contribution in [0.25, 0.3) is 0 Å². The van der Waals surface area contributed by atoms with E-state index in [-0.39, 0.29) is 25.3 Å². The predicted octanol–water partition coefficient (Wildman–Crippen LogP) is 6.51. The predicted molar refractivity (Wildman–Crippen MR) is 129 cm³/mol. The second-order valence-electron chi connectivity index (χ2n) is 9.80. The van der Waals surface area contributed by atoms with Crippen molar-refractivity contribution < 1.29 is 23.8 Å². The molecule has 0 spiro atoms. The number of hydrogen-bond donors (Lipinski definition) is 0. The number of benzene rings is 1. The van der Waals surface area contributed by atoms with E-state index in [0.29, 0.717) is 16.9 Å². The molecule has 0 aromatic heterocycles. The van der Waals surface area contributed by atoms with Crippen LogP contribution in [0.2, 0.25) is 0 Å². The molecule has 182 valence electrons. The summed E-state index contributed by atoms with van der Waals surface area (Å²) in [5.74, 6) is 2.58. The van der Waals surface area contributed by atoms with Crippen LogP contribution in [0.4, 0.5) is 0 Å². The minimum atomic E-state index is -0.426. The second-order valence-corrected chi connectivity index (χ2v) is 9.80. The third-order valence-corrected chi connectivity index (χ3v) is 7.27. The first-order valence-electron chi connectivity index (χ1n) is 12.7. The number of ether oxygens (including phenoxy) is 3. The van der Waals surface area contributed by atoms with Crippen LogP contribution in [0.3, 0.4) is 0 Å². The van der Waals surface area contributed by atoms with E-state index in [1.54, 1.807) is 31.2 Å². The van der Waals surface area contributed by atoms with Crippen molar-refractivity contribution >= 4 is 11.9 Å². The topological polar surface area (TPSA) is 61.8 Å². The summed E-state index contributed by atoms with van der Waals surface area (Å²) in [5, 5.41) is 0. The number of carbonyl (C=O) groups is 2. The van der Waals surface area contributed by atoms with E-state index >= 15 is 0 Å². The van der Waals surface area contributed by atoms with Gasteiger partial charge < -0.3 is 14.2 Å². The molecule has 3 rings (SSSR count). The zero-order chi connectivity index (χ0) is 23.6. The van der Waals surface area contributed by atoms with Gasteiger partial charge in [0.1, 0.15) is 25.1 Å². The fourth-order valence-electron chi connectivity index (χ4n) is 5.36. The highest BCUT2D eigenvalue weighted by Crippen LogP contribution is 2.41. The molecule has 2 fully saturated rings. The quantitative estimate of drug-likeness (QED) is 0.228. The van der Waals surface area contributed by atoms with Crippen molar-refractivity contribution in [3.63, 3.8) is 0 Å². The molecule has 0 atom stereocenters. The molecule has 0 bridgehead atoms. The first-order chi connectivity index (χ1) is 16.0. The molecule has 5 nitrogen and oxygen atoms in total. The Morgan fingerprint density at radius 1 is 0.909 bits per heavy atom. The van der Waals surface area contributed by atoms with Gasteiger partial charge in [0.2, 0.25) is 0 Å². The van der Waals surface area contributed by atoms with Crippen molar-refractivity contribution in [1.82, 2.24) is 0 Å². The molecular weight excluding hydrogens is 416 g/mol. The molecule has 1 aromatic carbocycles. The molecule has 5 heteroatoms. The lowest BCUT2D eigenvalue weighted by Gasteiger charge is -2.37. The fourth-order valence-corrected chi connectivity index (χ4v) is 5.36. The van der Waals surface area contributed by atoms with E-state index < -0.39 is 5.97 Å². The highest BCUT2D eigenvalue weighted by Gasteiger charge is 2.31. The molecule has 2 aliphatic rings. The van der Waals surface area contributed by atoms with E-state index in [4.69, 9.17) is 14.2 Å². The summed E-state index contributed by atoms with van der Waals surface area (Å²) >= 11 is 0. The Kier molecular flexibility index (Phi) is 9.83. The number of rotatable bonds is 10. The van der Waals surface area contributed by atoms with E-state index in [1.165, 1.54) is 51.4 Å². The Bertz CT molecular complexity index is 768. The first-order valence-corrected chi connectivity index (χ1v) is 12.7. The van der Waals surface area contributed by atoms with Gasteiger partial charge in [-0.1, -0.05) is 39.2 Å². The SMILES string of the molecule is C=C(C)C(=O)OCCOc1ccc(C(=O)OC2CCC([C@H]3CC[C@H](CCC)CC3)CC2)cc1. The molecule has 0 heterocycles. The molecule has 0 unspecified atom stereocenters. The third kappa shape index (κ3) is 7.90. The van der Waals surface area contributed by atoms with Crippen LogP contribution in [0.1, 0.15) is 88.4 Å². The van der Waals surface area contributed by atoms with E-state index in [9.17, 15) is 9.59 Å². The fraction of sp³-hybridized carbons (Fsp3) is 0.643. The monoisotopic (exact) mass is 456 g/mol. The number of carbonyl (C=O) groups excluding carboxylic acids is 2. The van der Waals surface area contributed by atoms with Gasteiger partial charge in [-0.05, 0) is 87.5 Å². The third-order valence-electron chi connectivity index (χ3n) is 7.27. The Morgan fingerprint density at radius 3 is 2.09 bits per heavy atom. The average molecular weight is 457 g/mol. The molecule has 2 aliphatic carbocycles. The Balaban J connectivity index is 1.35. The summed E-state index contributed by atoms with van der Waals surface area (Å²) in [4.78, 5) is 23.9. The smallest absolute Gasteiger partial charge is 0.338 e. The van der Waals surface area contributed by atoms with Crippen LogP contribution in [0, 0.1) is 17.8 Å². The molecule has 0 N–H and O–H groups in total. The van der Waals surface area contributed by atoms with Crippen molar-refractivity contribution in [3.8, 4) is 5.75 Å². The summed E-state index contributed by atoms with van der Waals surface area (Å²) in [5.41, 5.74) is 0.897. The van der Waals surface area contributed by atoms with Crippen LogP contribution in [-0.2, 0) is 14.3 Å². The number of esters is 2. The molecular formula is C28H40O5. The molecule has 1 aromatic rings. The summed E-state index contributed by atoms with van der Waals surface area (Å²) < 4.78 is 16.3. The summed E-state index contributed by atoms with van der Waals surface area (Å²) in [6, 6.07) is 6.92. The van der Waals surface area contributed by atoms with Gasteiger partial charge in [0.05, 0.1) is 5.56 Å². The highest BCUT2D eigenvalue weighted by molar-refractivity contribution is 5.89. The van der Waals surface area contributed by atoms with Crippen molar-refractivity contribution in [2.45, 2.75) is 84.2 Å². The lowest BCUT2D eigenvalue weighted by atomic mass is 9.70. The molecule has 0 radical (unpaired) electrons. The van der Waals surface area contributed by atoms with Gasteiger partial charge in [-0.3, -0.25) is 0 Å². The van der Waals surface area contributed by atoms with Crippen LogP contribution >= 0.6 is 0 Å². The lowest BCUT2D eigenvalue weighted by molar-refractivity contribution is -0.139. The van der Waals surface area contributed by atoms with E-state index in [2.05, 4.69) is 13.5 Å². The van der Waals surface area contributed by atoms with Gasteiger partial charge in [-0.2, -0.15) is 0 Å². The molecule has 0 saturated heterocycles. The lowest BCUT2D eigenvalue weighted by Crippen LogP contribution is -2.29. The van der Waals surface area contributed by atoms with Crippen LogP contribution in [0.5, 0.6) is 5.75 Å². The van der Waals surface area contributed by atoms with Gasteiger partial charge >= 0.3 is 11.9 Å². The van der Waals surface area contributed by atoms with Crippen molar-refractivity contribution in [3.05, 3.63) is 42.0 Å². The molecule has 0 aliphatic heterocycles. The van der Waals surface area contributed by atoms with Crippen molar-refractivity contribution in [2.24, 2.45) is 17.8 Å². The molecule has 0 amide bonds. The summed E-state index contributed by atoms with van der Waals surface area (Å²) in [7, 11) is 0. The van der Waals surface area contributed by atoms with Crippen LogP contribution in [0.15, 0.2) is 36.4 Å². The number of hydrogen-bond acceptors (Lipinski definition) is 5. The minimum Gasteiger partial charge on any atom is -0.490 e. The zero-order valence-corrected chi connectivity index (χ0v) is 20.4. The van der Waals surface area contributed by atoms with Crippen LogP contribution < -0.4 is 4.74 Å². The average Bonchev–Trinajstić information content (AvgIpc) is 2.83. The minimum absolute atomic E-state index is 0.0316. The van der Waals surface area contributed by atoms with Gasteiger partial charge in [0.15, 0.2) is 0 Å². The normalized spacial score (nSPS) is 25.2. The highest BCUT2D eigenvalue weighted by atomic mass is 16.6. The largest absolute Gasteiger partial charge is 0.490 e.